The highest BCUT2D eigenvalue weighted by Gasteiger charge is 2.26. The molecule has 4 nitrogen and oxygen atoms in total. The average molecular weight is 224 g/mol. The van der Waals surface area contributed by atoms with Crippen molar-refractivity contribution in [3.8, 4) is 12.3 Å². The molecule has 1 aliphatic rings. The molecule has 0 radical (unpaired) electrons. The standard InChI is InChI=1S/C12H20N2O2/c1-3-6-13-12(16)9-14-7-4-5-11(14)8-10(2)15/h1,10-11,15H,4-9H2,2H3,(H,13,16). The third-order valence-electron chi connectivity index (χ3n) is 2.85. The Morgan fingerprint density at radius 3 is 3.12 bits per heavy atom. The minimum Gasteiger partial charge on any atom is -0.393 e. The van der Waals surface area contributed by atoms with Crippen LogP contribution in [0.3, 0.4) is 0 Å². The molecule has 0 aromatic carbocycles. The number of likely N-dealkylation sites (tertiary alicyclic amines) is 1. The maximum absolute atomic E-state index is 11.5. The van der Waals surface area contributed by atoms with Crippen LogP contribution in [0.15, 0.2) is 0 Å². The van der Waals surface area contributed by atoms with E-state index in [1.54, 1.807) is 6.92 Å². The molecule has 1 rings (SSSR count). The first-order valence-electron chi connectivity index (χ1n) is 5.75. The number of carbonyl (C=O) groups excluding carboxylic acids is 1. The molecule has 0 aromatic rings. The van der Waals surface area contributed by atoms with Crippen LogP contribution in [0, 0.1) is 12.3 Å². The maximum Gasteiger partial charge on any atom is 0.234 e. The van der Waals surface area contributed by atoms with E-state index in [1.807, 2.05) is 0 Å². The first-order chi connectivity index (χ1) is 7.63. The lowest BCUT2D eigenvalue weighted by atomic mass is 10.1. The normalized spacial score (nSPS) is 22.7. The van der Waals surface area contributed by atoms with E-state index in [1.165, 1.54) is 0 Å². The Hall–Kier alpha value is -1.05. The molecule has 1 aliphatic heterocycles. The van der Waals surface area contributed by atoms with Crippen molar-refractivity contribution in [1.29, 1.82) is 0 Å². The van der Waals surface area contributed by atoms with Crippen LogP contribution in [-0.4, -0.2) is 47.7 Å². The van der Waals surface area contributed by atoms with Gasteiger partial charge in [0.15, 0.2) is 0 Å². The molecule has 0 saturated carbocycles. The fraction of sp³-hybridized carbons (Fsp3) is 0.750. The summed E-state index contributed by atoms with van der Waals surface area (Å²) in [6.45, 7) is 3.39. The lowest BCUT2D eigenvalue weighted by molar-refractivity contribution is -0.122. The Morgan fingerprint density at radius 1 is 1.75 bits per heavy atom. The van der Waals surface area contributed by atoms with E-state index in [4.69, 9.17) is 6.42 Å². The van der Waals surface area contributed by atoms with Crippen molar-refractivity contribution in [2.45, 2.75) is 38.3 Å². The van der Waals surface area contributed by atoms with Crippen molar-refractivity contribution >= 4 is 5.91 Å². The highest BCUT2D eigenvalue weighted by Crippen LogP contribution is 2.20. The van der Waals surface area contributed by atoms with Gasteiger partial charge in [-0.1, -0.05) is 5.92 Å². The number of nitrogens with zero attached hydrogens (tertiary/aromatic N) is 1. The smallest absolute Gasteiger partial charge is 0.234 e. The Morgan fingerprint density at radius 2 is 2.50 bits per heavy atom. The zero-order valence-electron chi connectivity index (χ0n) is 9.78. The van der Waals surface area contributed by atoms with E-state index < -0.39 is 0 Å². The topological polar surface area (TPSA) is 52.6 Å². The molecule has 16 heavy (non-hydrogen) atoms. The van der Waals surface area contributed by atoms with Crippen LogP contribution in [0.2, 0.25) is 0 Å². The van der Waals surface area contributed by atoms with Gasteiger partial charge in [-0.2, -0.15) is 0 Å². The minimum absolute atomic E-state index is 0.0320. The lowest BCUT2D eigenvalue weighted by Gasteiger charge is -2.24. The molecular weight excluding hydrogens is 204 g/mol. The number of hydrogen-bond acceptors (Lipinski definition) is 3. The van der Waals surface area contributed by atoms with Crippen molar-refractivity contribution in [1.82, 2.24) is 10.2 Å². The predicted octanol–water partition coefficient (Wildman–Crippen LogP) is -0.0289. The van der Waals surface area contributed by atoms with Crippen molar-refractivity contribution < 1.29 is 9.90 Å². The molecule has 90 valence electrons. The molecule has 0 bridgehead atoms. The number of terminal acetylenes is 1. The van der Waals surface area contributed by atoms with E-state index in [2.05, 4.69) is 16.1 Å². The van der Waals surface area contributed by atoms with Gasteiger partial charge in [-0.3, -0.25) is 9.69 Å². The molecule has 1 fully saturated rings. The van der Waals surface area contributed by atoms with Gasteiger partial charge >= 0.3 is 0 Å². The summed E-state index contributed by atoms with van der Waals surface area (Å²) in [5.74, 6) is 2.34. The summed E-state index contributed by atoms with van der Waals surface area (Å²) in [6, 6.07) is 0.330. The van der Waals surface area contributed by atoms with Crippen molar-refractivity contribution in [2.75, 3.05) is 19.6 Å². The number of rotatable bonds is 5. The third kappa shape index (κ3) is 4.21. The van der Waals surface area contributed by atoms with E-state index in [-0.39, 0.29) is 18.6 Å². The largest absolute Gasteiger partial charge is 0.393 e. The van der Waals surface area contributed by atoms with E-state index in [0.29, 0.717) is 12.6 Å². The maximum atomic E-state index is 11.5. The summed E-state index contributed by atoms with van der Waals surface area (Å²) >= 11 is 0. The van der Waals surface area contributed by atoms with Crippen LogP contribution in [-0.2, 0) is 4.79 Å². The van der Waals surface area contributed by atoms with Gasteiger partial charge in [0.2, 0.25) is 5.91 Å². The summed E-state index contributed by atoms with van der Waals surface area (Å²) < 4.78 is 0. The predicted molar refractivity (Wildman–Crippen MR) is 62.7 cm³/mol. The quantitative estimate of drug-likeness (QED) is 0.645. The lowest BCUT2D eigenvalue weighted by Crippen LogP contribution is -2.40. The van der Waals surface area contributed by atoms with Crippen molar-refractivity contribution in [2.24, 2.45) is 0 Å². The zero-order valence-corrected chi connectivity index (χ0v) is 9.78. The van der Waals surface area contributed by atoms with Gasteiger partial charge in [-0.25, -0.2) is 0 Å². The van der Waals surface area contributed by atoms with E-state index in [0.717, 1.165) is 25.8 Å². The van der Waals surface area contributed by atoms with Crippen LogP contribution in [0.5, 0.6) is 0 Å². The zero-order chi connectivity index (χ0) is 12.0. The van der Waals surface area contributed by atoms with Crippen molar-refractivity contribution in [3.63, 3.8) is 0 Å². The van der Waals surface area contributed by atoms with Gasteiger partial charge in [-0.15, -0.1) is 6.42 Å². The number of aliphatic hydroxyl groups is 1. The fourth-order valence-electron chi connectivity index (χ4n) is 2.15. The number of aliphatic hydroxyl groups excluding tert-OH is 1. The fourth-order valence-corrected chi connectivity index (χ4v) is 2.15. The molecule has 2 atom stereocenters. The van der Waals surface area contributed by atoms with Crippen molar-refractivity contribution in [3.05, 3.63) is 0 Å². The van der Waals surface area contributed by atoms with Crippen LogP contribution in [0.1, 0.15) is 26.2 Å². The molecule has 2 N–H and O–H groups in total. The number of carbonyl (C=O) groups is 1. The highest BCUT2D eigenvalue weighted by molar-refractivity contribution is 5.78. The Bertz CT molecular complexity index is 271. The molecule has 0 aromatic heterocycles. The molecule has 0 spiro atoms. The van der Waals surface area contributed by atoms with Crippen LogP contribution >= 0.6 is 0 Å². The highest BCUT2D eigenvalue weighted by atomic mass is 16.3. The van der Waals surface area contributed by atoms with E-state index in [9.17, 15) is 9.90 Å². The van der Waals surface area contributed by atoms with Gasteiger partial charge in [0.05, 0.1) is 19.2 Å². The van der Waals surface area contributed by atoms with Gasteiger partial charge < -0.3 is 10.4 Å². The Labute approximate surface area is 97.0 Å². The molecule has 1 amide bonds. The summed E-state index contributed by atoms with van der Waals surface area (Å²) in [7, 11) is 0. The number of amides is 1. The van der Waals surface area contributed by atoms with Crippen LogP contribution < -0.4 is 5.32 Å². The molecule has 2 unspecified atom stereocenters. The molecule has 1 heterocycles. The monoisotopic (exact) mass is 224 g/mol. The Balaban J connectivity index is 2.35. The second-order valence-corrected chi connectivity index (χ2v) is 4.33. The second kappa shape index (κ2) is 6.51. The summed E-state index contributed by atoms with van der Waals surface area (Å²) in [6.07, 6.45) is 7.66. The minimum atomic E-state index is -0.306. The first kappa shape index (κ1) is 13.0. The average Bonchev–Trinajstić information content (AvgIpc) is 2.62. The number of hydrogen-bond donors (Lipinski definition) is 2. The van der Waals surface area contributed by atoms with Gasteiger partial charge in [0.1, 0.15) is 0 Å². The second-order valence-electron chi connectivity index (χ2n) is 4.33. The SMILES string of the molecule is C#CCNC(=O)CN1CCCC1CC(C)O. The molecule has 0 aliphatic carbocycles. The summed E-state index contributed by atoms with van der Waals surface area (Å²) in [5.41, 5.74) is 0. The van der Waals surface area contributed by atoms with Gasteiger partial charge in [-0.05, 0) is 32.7 Å². The Kier molecular flexibility index (Phi) is 5.30. The molecular formula is C12H20N2O2. The summed E-state index contributed by atoms with van der Waals surface area (Å²) in [4.78, 5) is 13.6. The first-order valence-corrected chi connectivity index (χ1v) is 5.75. The number of nitrogens with one attached hydrogen (secondary N) is 1. The summed E-state index contributed by atoms with van der Waals surface area (Å²) in [5, 5.41) is 12.0. The molecule has 1 saturated heterocycles. The van der Waals surface area contributed by atoms with Crippen LogP contribution in [0.4, 0.5) is 0 Å². The third-order valence-corrected chi connectivity index (χ3v) is 2.85. The van der Waals surface area contributed by atoms with Crippen LogP contribution in [0.25, 0.3) is 0 Å². The van der Waals surface area contributed by atoms with Gasteiger partial charge in [0, 0.05) is 6.04 Å². The van der Waals surface area contributed by atoms with Gasteiger partial charge in [0.25, 0.3) is 0 Å². The van der Waals surface area contributed by atoms with E-state index >= 15 is 0 Å². The molecule has 4 heteroatoms.